The van der Waals surface area contributed by atoms with Crippen molar-refractivity contribution in [1.29, 1.82) is 5.26 Å². The molecule has 20 heavy (non-hydrogen) atoms. The number of anilines is 1. The molecule has 2 N–H and O–H groups in total. The summed E-state index contributed by atoms with van der Waals surface area (Å²) in [7, 11) is 0. The number of nitrogens with one attached hydrogen (secondary N) is 1. The quantitative estimate of drug-likeness (QED) is 0.857. The van der Waals surface area contributed by atoms with Crippen LogP contribution in [-0.4, -0.2) is 55.5 Å². The first-order valence-corrected chi connectivity index (χ1v) is 6.98. The molecule has 1 aliphatic rings. The molecule has 108 valence electrons. The summed E-state index contributed by atoms with van der Waals surface area (Å²) in [6.07, 6.45) is -0.472. The van der Waals surface area contributed by atoms with Gasteiger partial charge in [0.1, 0.15) is 0 Å². The molecule has 0 spiro atoms. The molecule has 1 heterocycles. The molecule has 0 amide bonds. The third-order valence-electron chi connectivity index (χ3n) is 3.20. The van der Waals surface area contributed by atoms with E-state index in [0.29, 0.717) is 23.7 Å². The number of aliphatic hydroxyl groups excluding tert-OH is 1. The average molecular weight is 296 g/mol. The van der Waals surface area contributed by atoms with Gasteiger partial charge >= 0.3 is 0 Å². The van der Waals surface area contributed by atoms with Crippen LogP contribution in [0.25, 0.3) is 0 Å². The summed E-state index contributed by atoms with van der Waals surface area (Å²) in [5.74, 6) is 0. The number of hydrogen-bond donors (Lipinski definition) is 2. The van der Waals surface area contributed by atoms with Crippen LogP contribution in [0.3, 0.4) is 0 Å². The van der Waals surface area contributed by atoms with Gasteiger partial charge in [0.25, 0.3) is 0 Å². The van der Waals surface area contributed by atoms with Gasteiger partial charge in [-0.25, -0.2) is 0 Å². The summed E-state index contributed by atoms with van der Waals surface area (Å²) in [6.45, 7) is 4.19. The topological polar surface area (TPSA) is 68.5 Å². The van der Waals surface area contributed by atoms with Crippen LogP contribution in [0.15, 0.2) is 18.2 Å². The van der Waals surface area contributed by atoms with Crippen molar-refractivity contribution in [3.05, 3.63) is 28.8 Å². The van der Waals surface area contributed by atoms with Gasteiger partial charge in [0.15, 0.2) is 0 Å². The lowest BCUT2D eigenvalue weighted by Gasteiger charge is -2.28. The predicted molar refractivity (Wildman–Crippen MR) is 77.9 cm³/mol. The highest BCUT2D eigenvalue weighted by Gasteiger charge is 2.15. The Balaban J connectivity index is 1.80. The van der Waals surface area contributed by atoms with E-state index < -0.39 is 6.10 Å². The highest BCUT2D eigenvalue weighted by molar-refractivity contribution is 6.33. The molecular weight excluding hydrogens is 278 g/mol. The van der Waals surface area contributed by atoms with E-state index in [1.165, 1.54) is 0 Å². The molecule has 2 rings (SSSR count). The van der Waals surface area contributed by atoms with Crippen molar-refractivity contribution in [3.63, 3.8) is 0 Å². The van der Waals surface area contributed by atoms with Gasteiger partial charge in [-0.1, -0.05) is 11.6 Å². The molecule has 0 aromatic heterocycles. The van der Waals surface area contributed by atoms with E-state index >= 15 is 0 Å². The number of ether oxygens (including phenoxy) is 1. The summed E-state index contributed by atoms with van der Waals surface area (Å²) >= 11 is 6.06. The number of morpholine rings is 1. The maximum absolute atomic E-state index is 10.0. The van der Waals surface area contributed by atoms with Gasteiger partial charge in [-0.3, -0.25) is 4.90 Å². The maximum atomic E-state index is 10.0. The second-order valence-corrected chi connectivity index (χ2v) is 5.16. The molecule has 0 aliphatic carbocycles. The first-order chi connectivity index (χ1) is 9.69. The Labute approximate surface area is 123 Å². The van der Waals surface area contributed by atoms with Crippen molar-refractivity contribution in [2.24, 2.45) is 0 Å². The average Bonchev–Trinajstić information content (AvgIpc) is 2.47. The Morgan fingerprint density at radius 1 is 1.45 bits per heavy atom. The number of aliphatic hydroxyl groups is 1. The third kappa shape index (κ3) is 4.36. The third-order valence-corrected chi connectivity index (χ3v) is 3.51. The van der Waals surface area contributed by atoms with Crippen molar-refractivity contribution >= 4 is 17.3 Å². The SMILES string of the molecule is N#Cc1ccc(NCC(O)CN2CCOCC2)c(Cl)c1. The number of nitriles is 1. The monoisotopic (exact) mass is 295 g/mol. The smallest absolute Gasteiger partial charge is 0.0992 e. The fourth-order valence-corrected chi connectivity index (χ4v) is 2.35. The van der Waals surface area contributed by atoms with Gasteiger partial charge in [-0.2, -0.15) is 5.26 Å². The van der Waals surface area contributed by atoms with Crippen LogP contribution in [0.2, 0.25) is 5.02 Å². The Hall–Kier alpha value is -1.32. The standard InChI is InChI=1S/C14H18ClN3O2/c15-13-7-11(8-16)1-2-14(13)17-9-12(19)10-18-3-5-20-6-4-18/h1-2,7,12,17,19H,3-6,9-10H2. The molecule has 1 aliphatic heterocycles. The second kappa shape index (κ2) is 7.46. The summed E-state index contributed by atoms with van der Waals surface area (Å²) < 4.78 is 5.27. The minimum atomic E-state index is -0.472. The minimum absolute atomic E-state index is 0.420. The van der Waals surface area contributed by atoms with Gasteiger partial charge in [-0.15, -0.1) is 0 Å². The van der Waals surface area contributed by atoms with Crippen molar-refractivity contribution in [1.82, 2.24) is 4.90 Å². The van der Waals surface area contributed by atoms with E-state index in [1.807, 2.05) is 6.07 Å². The molecule has 1 atom stereocenters. The Kier molecular flexibility index (Phi) is 5.62. The fourth-order valence-electron chi connectivity index (χ4n) is 2.10. The molecule has 6 heteroatoms. The van der Waals surface area contributed by atoms with Gasteiger partial charge in [0.05, 0.1) is 41.7 Å². The van der Waals surface area contributed by atoms with Crippen LogP contribution in [-0.2, 0) is 4.74 Å². The molecule has 1 saturated heterocycles. The maximum Gasteiger partial charge on any atom is 0.0992 e. The lowest BCUT2D eigenvalue weighted by Crippen LogP contribution is -2.42. The van der Waals surface area contributed by atoms with Crippen molar-refractivity contribution in [3.8, 4) is 6.07 Å². The number of halogens is 1. The normalized spacial score (nSPS) is 17.4. The van der Waals surface area contributed by atoms with Gasteiger partial charge in [0.2, 0.25) is 0 Å². The van der Waals surface area contributed by atoms with E-state index in [9.17, 15) is 5.11 Å². The van der Waals surface area contributed by atoms with Crippen LogP contribution in [0.5, 0.6) is 0 Å². The Morgan fingerprint density at radius 2 is 2.20 bits per heavy atom. The van der Waals surface area contributed by atoms with Crippen LogP contribution in [0.4, 0.5) is 5.69 Å². The lowest BCUT2D eigenvalue weighted by atomic mass is 10.2. The van der Waals surface area contributed by atoms with E-state index in [4.69, 9.17) is 21.6 Å². The molecule has 0 saturated carbocycles. The summed E-state index contributed by atoms with van der Waals surface area (Å²) in [5.41, 5.74) is 1.25. The molecule has 0 bridgehead atoms. The van der Waals surface area contributed by atoms with E-state index in [-0.39, 0.29) is 0 Å². The molecule has 1 aromatic rings. The number of β-amino-alcohol motifs (C(OH)–C–C–N with tert-alkyl or cyclic N) is 1. The molecule has 1 unspecified atom stereocenters. The highest BCUT2D eigenvalue weighted by atomic mass is 35.5. The van der Waals surface area contributed by atoms with Crippen LogP contribution >= 0.6 is 11.6 Å². The first kappa shape index (κ1) is 15.1. The zero-order valence-corrected chi connectivity index (χ0v) is 11.9. The van der Waals surface area contributed by atoms with Gasteiger partial charge in [-0.05, 0) is 18.2 Å². The van der Waals surface area contributed by atoms with Crippen molar-refractivity contribution in [2.75, 3.05) is 44.7 Å². The zero-order chi connectivity index (χ0) is 14.4. The van der Waals surface area contributed by atoms with Gasteiger partial charge < -0.3 is 15.2 Å². The van der Waals surface area contributed by atoms with E-state index in [2.05, 4.69) is 10.2 Å². The largest absolute Gasteiger partial charge is 0.390 e. The summed E-state index contributed by atoms with van der Waals surface area (Å²) in [5, 5.41) is 22.4. The van der Waals surface area contributed by atoms with E-state index in [0.717, 1.165) is 32.0 Å². The van der Waals surface area contributed by atoms with Crippen LogP contribution in [0.1, 0.15) is 5.56 Å². The Bertz CT molecular complexity index is 484. The van der Waals surface area contributed by atoms with Gasteiger partial charge in [0, 0.05) is 26.2 Å². The van der Waals surface area contributed by atoms with Crippen molar-refractivity contribution < 1.29 is 9.84 Å². The van der Waals surface area contributed by atoms with Crippen LogP contribution < -0.4 is 5.32 Å². The lowest BCUT2D eigenvalue weighted by molar-refractivity contribution is 0.0171. The zero-order valence-electron chi connectivity index (χ0n) is 11.2. The number of rotatable bonds is 5. The van der Waals surface area contributed by atoms with Crippen molar-refractivity contribution in [2.45, 2.75) is 6.10 Å². The number of hydrogen-bond acceptors (Lipinski definition) is 5. The molecule has 1 aromatic carbocycles. The first-order valence-electron chi connectivity index (χ1n) is 6.60. The minimum Gasteiger partial charge on any atom is -0.390 e. The predicted octanol–water partition coefficient (Wildman–Crippen LogP) is 1.32. The van der Waals surface area contributed by atoms with Crippen LogP contribution in [0, 0.1) is 11.3 Å². The molecule has 1 fully saturated rings. The molecule has 5 nitrogen and oxygen atoms in total. The molecule has 0 radical (unpaired) electrons. The number of benzene rings is 1. The number of nitrogens with zero attached hydrogens (tertiary/aromatic N) is 2. The highest BCUT2D eigenvalue weighted by Crippen LogP contribution is 2.22. The van der Waals surface area contributed by atoms with E-state index in [1.54, 1.807) is 18.2 Å². The fraction of sp³-hybridized carbons (Fsp3) is 0.500. The summed E-state index contributed by atoms with van der Waals surface area (Å²) in [4.78, 5) is 2.18. The molecular formula is C14H18ClN3O2. The second-order valence-electron chi connectivity index (χ2n) is 4.75. The summed E-state index contributed by atoms with van der Waals surface area (Å²) in [6, 6.07) is 7.09. The Morgan fingerprint density at radius 3 is 2.85 bits per heavy atom.